The summed E-state index contributed by atoms with van der Waals surface area (Å²) in [6, 6.07) is 13.8. The fourth-order valence-corrected chi connectivity index (χ4v) is 3.66. The van der Waals surface area contributed by atoms with Crippen LogP contribution in [-0.2, 0) is 17.9 Å². The number of carbonyl (C=O) groups is 1. The molecule has 8 heteroatoms. The summed E-state index contributed by atoms with van der Waals surface area (Å²) >= 11 is 5.97. The zero-order chi connectivity index (χ0) is 21.3. The van der Waals surface area contributed by atoms with E-state index in [0.29, 0.717) is 33.6 Å². The number of nitrogens with one attached hydrogen (secondary N) is 1. The maximum atomic E-state index is 13.2. The molecular weight excluding hydrogens is 406 g/mol. The summed E-state index contributed by atoms with van der Waals surface area (Å²) in [5.74, 6) is -0.411. The summed E-state index contributed by atoms with van der Waals surface area (Å²) in [5, 5.41) is 3.84. The fraction of sp³-hybridized carbons (Fsp3) is 0.227. The lowest BCUT2D eigenvalue weighted by atomic mass is 10.2. The Balaban J connectivity index is 1.85. The monoisotopic (exact) mass is 425 g/mol. The highest BCUT2D eigenvalue weighted by Gasteiger charge is 2.21. The molecule has 0 aliphatic heterocycles. The highest BCUT2D eigenvalue weighted by molar-refractivity contribution is 6.30. The molecular formula is C22H20ClN3O4. The smallest absolute Gasteiger partial charge is 0.332 e. The van der Waals surface area contributed by atoms with Crippen LogP contribution in [0, 0.1) is 0 Å². The van der Waals surface area contributed by atoms with Crippen molar-refractivity contribution < 1.29 is 9.21 Å². The van der Waals surface area contributed by atoms with Gasteiger partial charge >= 0.3 is 5.69 Å². The number of halogens is 1. The largest absolute Gasteiger partial charge is 0.449 e. The molecule has 0 fully saturated rings. The molecule has 0 saturated heterocycles. The van der Waals surface area contributed by atoms with Crippen LogP contribution in [0.2, 0.25) is 5.02 Å². The number of hydrogen-bond acceptors (Lipinski definition) is 4. The van der Waals surface area contributed by atoms with Gasteiger partial charge in [0, 0.05) is 22.6 Å². The molecule has 2 heterocycles. The van der Waals surface area contributed by atoms with Gasteiger partial charge in [-0.1, -0.05) is 43.1 Å². The normalized spacial score (nSPS) is 11.3. The first kappa shape index (κ1) is 20.0. The van der Waals surface area contributed by atoms with Crippen molar-refractivity contribution in [2.45, 2.75) is 32.9 Å². The van der Waals surface area contributed by atoms with E-state index in [9.17, 15) is 14.4 Å². The maximum Gasteiger partial charge on any atom is 0.332 e. The SMILES string of the molecule is CCCCn1c(=O)c2oc3ccccc3c2n(CC(=O)Nc2cccc(Cl)c2)c1=O. The number of benzene rings is 2. The summed E-state index contributed by atoms with van der Waals surface area (Å²) in [7, 11) is 0. The molecule has 0 atom stereocenters. The van der Waals surface area contributed by atoms with Crippen LogP contribution in [0.1, 0.15) is 19.8 Å². The lowest BCUT2D eigenvalue weighted by Gasteiger charge is -2.12. The molecule has 0 radical (unpaired) electrons. The van der Waals surface area contributed by atoms with Gasteiger partial charge in [-0.15, -0.1) is 0 Å². The number of carbonyl (C=O) groups excluding carboxylic acids is 1. The second-order valence-electron chi connectivity index (χ2n) is 7.01. The van der Waals surface area contributed by atoms with E-state index in [-0.39, 0.29) is 18.7 Å². The zero-order valence-corrected chi connectivity index (χ0v) is 17.1. The van der Waals surface area contributed by atoms with E-state index in [1.807, 2.05) is 6.92 Å². The standard InChI is InChI=1S/C22H20ClN3O4/c1-2-3-11-25-21(28)20-19(16-9-4-5-10-17(16)30-20)26(22(25)29)13-18(27)24-15-8-6-7-14(23)12-15/h4-10,12H,2-3,11,13H2,1H3,(H,24,27). The molecule has 7 nitrogen and oxygen atoms in total. The van der Waals surface area contributed by atoms with Crippen molar-refractivity contribution in [1.29, 1.82) is 0 Å². The third-order valence-electron chi connectivity index (χ3n) is 4.89. The molecule has 4 aromatic rings. The molecule has 0 bridgehead atoms. The molecule has 0 aliphatic rings. The van der Waals surface area contributed by atoms with Crippen molar-refractivity contribution in [1.82, 2.24) is 9.13 Å². The van der Waals surface area contributed by atoms with E-state index in [1.54, 1.807) is 48.5 Å². The molecule has 2 aromatic carbocycles. The third-order valence-corrected chi connectivity index (χ3v) is 5.12. The average Bonchev–Trinajstić information content (AvgIpc) is 3.11. The summed E-state index contributed by atoms with van der Waals surface area (Å²) < 4.78 is 8.22. The van der Waals surface area contributed by atoms with Crippen LogP contribution in [0.5, 0.6) is 0 Å². The topological polar surface area (TPSA) is 86.2 Å². The maximum absolute atomic E-state index is 13.2. The number of amides is 1. The molecule has 1 amide bonds. The van der Waals surface area contributed by atoms with Gasteiger partial charge in [-0.05, 0) is 36.8 Å². The Hall–Kier alpha value is -3.32. The zero-order valence-electron chi connectivity index (χ0n) is 16.4. The van der Waals surface area contributed by atoms with Gasteiger partial charge < -0.3 is 9.73 Å². The van der Waals surface area contributed by atoms with Gasteiger partial charge in [-0.2, -0.15) is 0 Å². The van der Waals surface area contributed by atoms with Crippen LogP contribution in [0.25, 0.3) is 22.1 Å². The number of hydrogen-bond donors (Lipinski definition) is 1. The molecule has 4 rings (SSSR count). The van der Waals surface area contributed by atoms with E-state index in [0.717, 1.165) is 11.0 Å². The predicted molar refractivity (Wildman–Crippen MR) is 117 cm³/mol. The fourth-order valence-electron chi connectivity index (χ4n) is 3.47. The Morgan fingerprint density at radius 2 is 1.90 bits per heavy atom. The Morgan fingerprint density at radius 3 is 2.67 bits per heavy atom. The third kappa shape index (κ3) is 3.64. The number of aromatic nitrogens is 2. The van der Waals surface area contributed by atoms with Crippen molar-refractivity contribution in [2.24, 2.45) is 0 Å². The number of rotatable bonds is 6. The van der Waals surface area contributed by atoms with Gasteiger partial charge in [0.05, 0.1) is 0 Å². The van der Waals surface area contributed by atoms with Crippen molar-refractivity contribution in [3.63, 3.8) is 0 Å². The minimum absolute atomic E-state index is 0.0717. The van der Waals surface area contributed by atoms with Gasteiger partial charge in [-0.3, -0.25) is 18.7 Å². The van der Waals surface area contributed by atoms with Crippen LogP contribution >= 0.6 is 11.6 Å². The highest BCUT2D eigenvalue weighted by atomic mass is 35.5. The number of nitrogens with zero attached hydrogens (tertiary/aromatic N) is 2. The van der Waals surface area contributed by atoms with Crippen molar-refractivity contribution in [3.8, 4) is 0 Å². The minimum atomic E-state index is -0.534. The van der Waals surface area contributed by atoms with Crippen molar-refractivity contribution in [2.75, 3.05) is 5.32 Å². The van der Waals surface area contributed by atoms with Gasteiger partial charge in [0.2, 0.25) is 11.5 Å². The molecule has 0 spiro atoms. The lowest BCUT2D eigenvalue weighted by molar-refractivity contribution is -0.116. The molecule has 2 aromatic heterocycles. The summed E-state index contributed by atoms with van der Waals surface area (Å²) in [6.45, 7) is 1.97. The van der Waals surface area contributed by atoms with E-state index in [4.69, 9.17) is 16.0 Å². The van der Waals surface area contributed by atoms with Gasteiger partial charge in [0.25, 0.3) is 5.56 Å². The van der Waals surface area contributed by atoms with E-state index < -0.39 is 17.2 Å². The Kier molecular flexibility index (Phi) is 5.46. The molecule has 154 valence electrons. The first-order chi connectivity index (χ1) is 14.5. The Labute approximate surface area is 176 Å². The van der Waals surface area contributed by atoms with E-state index in [2.05, 4.69) is 5.32 Å². The molecule has 0 saturated carbocycles. The van der Waals surface area contributed by atoms with Crippen LogP contribution in [0.3, 0.4) is 0 Å². The van der Waals surface area contributed by atoms with Crippen LogP contribution in [0.4, 0.5) is 5.69 Å². The molecule has 30 heavy (non-hydrogen) atoms. The molecule has 0 unspecified atom stereocenters. The van der Waals surface area contributed by atoms with Gasteiger partial charge in [0.1, 0.15) is 17.6 Å². The number of anilines is 1. The predicted octanol–water partition coefficient (Wildman–Crippen LogP) is 4.00. The second kappa shape index (κ2) is 8.20. The first-order valence-electron chi connectivity index (χ1n) is 9.70. The van der Waals surface area contributed by atoms with Crippen LogP contribution in [-0.4, -0.2) is 15.0 Å². The summed E-state index contributed by atoms with van der Waals surface area (Å²) in [4.78, 5) is 38.8. The Morgan fingerprint density at radius 1 is 1.10 bits per heavy atom. The molecule has 0 aliphatic carbocycles. The lowest BCUT2D eigenvalue weighted by Crippen LogP contribution is -2.41. The van der Waals surface area contributed by atoms with Crippen molar-refractivity contribution >= 4 is 45.3 Å². The Bertz CT molecular complexity index is 1370. The summed E-state index contributed by atoms with van der Waals surface area (Å²) in [5.41, 5.74) is 0.395. The highest BCUT2D eigenvalue weighted by Crippen LogP contribution is 2.25. The number of fused-ring (bicyclic) bond motifs is 3. The van der Waals surface area contributed by atoms with Gasteiger partial charge in [0.15, 0.2) is 0 Å². The average molecular weight is 426 g/mol. The molecule has 1 N–H and O–H groups in total. The van der Waals surface area contributed by atoms with E-state index >= 15 is 0 Å². The number of unbranched alkanes of at least 4 members (excludes halogenated alkanes) is 1. The number of para-hydroxylation sites is 1. The second-order valence-corrected chi connectivity index (χ2v) is 7.45. The van der Waals surface area contributed by atoms with Crippen LogP contribution < -0.4 is 16.6 Å². The quantitative estimate of drug-likeness (QED) is 0.506. The van der Waals surface area contributed by atoms with E-state index in [1.165, 1.54) is 4.57 Å². The minimum Gasteiger partial charge on any atom is -0.449 e. The first-order valence-corrected chi connectivity index (χ1v) is 10.1. The summed E-state index contributed by atoms with van der Waals surface area (Å²) in [6.07, 6.45) is 1.48. The van der Waals surface area contributed by atoms with Crippen LogP contribution in [0.15, 0.2) is 62.5 Å². The number of furan rings is 1. The van der Waals surface area contributed by atoms with Crippen molar-refractivity contribution in [3.05, 3.63) is 74.4 Å². The van der Waals surface area contributed by atoms with Gasteiger partial charge in [-0.25, -0.2) is 4.79 Å².